The number of hydrogen-bond donors (Lipinski definition) is 0. The van der Waals surface area contributed by atoms with Crippen LogP contribution in [0.3, 0.4) is 0 Å². The Labute approximate surface area is 90.3 Å². The fourth-order valence-electron chi connectivity index (χ4n) is 1.39. The Morgan fingerprint density at radius 1 is 1.38 bits per heavy atom. The van der Waals surface area contributed by atoms with Gasteiger partial charge in [-0.05, 0) is 12.1 Å². The third-order valence-corrected chi connectivity index (χ3v) is 2.23. The van der Waals surface area contributed by atoms with Crippen LogP contribution in [0.1, 0.15) is 16.1 Å². The maximum Gasteiger partial charge on any atom is 0.213 e. The molecule has 0 bridgehead atoms. The van der Waals surface area contributed by atoms with Crippen molar-refractivity contribution in [3.8, 4) is 0 Å². The van der Waals surface area contributed by atoms with Crippen molar-refractivity contribution >= 4 is 5.78 Å². The largest absolute Gasteiger partial charge is 0.331 e. The Kier molecular flexibility index (Phi) is 2.52. The van der Waals surface area contributed by atoms with Gasteiger partial charge < -0.3 is 4.57 Å². The van der Waals surface area contributed by atoms with Crippen molar-refractivity contribution in [3.05, 3.63) is 53.6 Å². The fourth-order valence-corrected chi connectivity index (χ4v) is 1.39. The van der Waals surface area contributed by atoms with E-state index >= 15 is 0 Å². The summed E-state index contributed by atoms with van der Waals surface area (Å²) in [5.41, 5.74) is 0.0931. The van der Waals surface area contributed by atoms with Crippen LogP contribution in [0, 0.1) is 11.6 Å². The van der Waals surface area contributed by atoms with Gasteiger partial charge in [0.15, 0.2) is 0 Å². The number of benzene rings is 1. The molecule has 0 spiro atoms. The SMILES string of the molecule is Cn1cncc1C(=O)c1ccc(F)cc1F. The highest BCUT2D eigenvalue weighted by molar-refractivity contribution is 6.07. The van der Waals surface area contributed by atoms with Crippen molar-refractivity contribution < 1.29 is 13.6 Å². The van der Waals surface area contributed by atoms with Crippen LogP contribution in [0.2, 0.25) is 0 Å². The Balaban J connectivity index is 2.46. The molecule has 0 aliphatic carbocycles. The van der Waals surface area contributed by atoms with Gasteiger partial charge in [-0.15, -0.1) is 0 Å². The summed E-state index contributed by atoms with van der Waals surface area (Å²) in [6, 6.07) is 2.86. The van der Waals surface area contributed by atoms with Gasteiger partial charge in [0.2, 0.25) is 5.78 Å². The van der Waals surface area contributed by atoms with Gasteiger partial charge >= 0.3 is 0 Å². The van der Waals surface area contributed by atoms with Crippen molar-refractivity contribution in [1.29, 1.82) is 0 Å². The lowest BCUT2D eigenvalue weighted by molar-refractivity contribution is 0.102. The molecule has 0 radical (unpaired) electrons. The van der Waals surface area contributed by atoms with Gasteiger partial charge in [-0.25, -0.2) is 13.8 Å². The summed E-state index contributed by atoms with van der Waals surface area (Å²) >= 11 is 0. The molecular formula is C11H8F2N2O. The van der Waals surface area contributed by atoms with Crippen molar-refractivity contribution in [1.82, 2.24) is 9.55 Å². The molecule has 0 amide bonds. The predicted molar refractivity (Wildman–Crippen MR) is 53.0 cm³/mol. The summed E-state index contributed by atoms with van der Waals surface area (Å²) < 4.78 is 27.5. The summed E-state index contributed by atoms with van der Waals surface area (Å²) in [4.78, 5) is 15.6. The highest BCUT2D eigenvalue weighted by atomic mass is 19.1. The van der Waals surface area contributed by atoms with Crippen molar-refractivity contribution in [3.63, 3.8) is 0 Å². The number of imidazole rings is 1. The zero-order valence-corrected chi connectivity index (χ0v) is 8.45. The van der Waals surface area contributed by atoms with Gasteiger partial charge in [-0.2, -0.15) is 0 Å². The first kappa shape index (κ1) is 10.5. The van der Waals surface area contributed by atoms with Crippen LogP contribution in [-0.4, -0.2) is 15.3 Å². The molecule has 5 heteroatoms. The topological polar surface area (TPSA) is 34.9 Å². The van der Waals surface area contributed by atoms with Crippen molar-refractivity contribution in [2.75, 3.05) is 0 Å². The summed E-state index contributed by atoms with van der Waals surface area (Å²) in [6.45, 7) is 0. The summed E-state index contributed by atoms with van der Waals surface area (Å²) in [6.07, 6.45) is 2.78. The first-order valence-electron chi connectivity index (χ1n) is 4.55. The lowest BCUT2D eigenvalue weighted by Gasteiger charge is -2.02. The lowest BCUT2D eigenvalue weighted by Crippen LogP contribution is -2.09. The van der Waals surface area contributed by atoms with E-state index in [1.807, 2.05) is 0 Å². The quantitative estimate of drug-likeness (QED) is 0.728. The van der Waals surface area contributed by atoms with Crippen LogP contribution < -0.4 is 0 Å². The van der Waals surface area contributed by atoms with Gasteiger partial charge in [0.25, 0.3) is 0 Å². The maximum absolute atomic E-state index is 13.3. The van der Waals surface area contributed by atoms with Gasteiger partial charge in [0.1, 0.15) is 17.3 Å². The number of ketones is 1. The standard InChI is InChI=1S/C11H8F2N2O/c1-15-6-14-5-10(15)11(16)8-3-2-7(12)4-9(8)13/h2-6H,1H3. The fraction of sp³-hybridized carbons (Fsp3) is 0.0909. The Morgan fingerprint density at radius 2 is 2.12 bits per heavy atom. The number of hydrogen-bond acceptors (Lipinski definition) is 2. The van der Waals surface area contributed by atoms with Crippen molar-refractivity contribution in [2.45, 2.75) is 0 Å². The second-order valence-electron chi connectivity index (χ2n) is 3.34. The van der Waals surface area contributed by atoms with Crippen molar-refractivity contribution in [2.24, 2.45) is 7.05 Å². The molecule has 1 heterocycles. The second kappa shape index (κ2) is 3.84. The molecule has 0 atom stereocenters. The number of carbonyl (C=O) groups excluding carboxylic acids is 1. The molecular weight excluding hydrogens is 214 g/mol. The number of aromatic nitrogens is 2. The van der Waals surface area contributed by atoms with Crippen LogP contribution in [0.15, 0.2) is 30.7 Å². The third kappa shape index (κ3) is 1.71. The second-order valence-corrected chi connectivity index (χ2v) is 3.34. The number of carbonyl (C=O) groups is 1. The summed E-state index contributed by atoms with van der Waals surface area (Å²) in [5, 5.41) is 0. The maximum atomic E-state index is 13.3. The number of rotatable bonds is 2. The third-order valence-electron chi connectivity index (χ3n) is 2.23. The molecule has 82 valence electrons. The summed E-state index contributed by atoms with van der Waals surface area (Å²) in [5.74, 6) is -2.09. The molecule has 0 saturated carbocycles. The van der Waals surface area contributed by atoms with Gasteiger partial charge in [0, 0.05) is 13.1 Å². The Hall–Kier alpha value is -2.04. The molecule has 1 aromatic heterocycles. The average Bonchev–Trinajstić information content (AvgIpc) is 2.63. The number of halogens is 2. The monoisotopic (exact) mass is 222 g/mol. The molecule has 1 aromatic carbocycles. The molecule has 0 N–H and O–H groups in total. The molecule has 0 aliphatic heterocycles. The van der Waals surface area contributed by atoms with E-state index in [1.54, 1.807) is 7.05 Å². The van der Waals surface area contributed by atoms with Gasteiger partial charge in [-0.1, -0.05) is 0 Å². The summed E-state index contributed by atoms with van der Waals surface area (Å²) in [7, 11) is 1.63. The molecule has 16 heavy (non-hydrogen) atoms. The van der Waals surface area contributed by atoms with E-state index in [1.165, 1.54) is 17.1 Å². The molecule has 0 fully saturated rings. The van der Waals surface area contributed by atoms with Crippen LogP contribution in [-0.2, 0) is 7.05 Å². The van der Waals surface area contributed by atoms with Crippen LogP contribution in [0.4, 0.5) is 8.78 Å². The first-order valence-corrected chi connectivity index (χ1v) is 4.55. The normalized spacial score (nSPS) is 10.4. The molecule has 2 rings (SSSR count). The minimum atomic E-state index is -0.869. The number of aryl methyl sites for hydroxylation is 1. The Morgan fingerprint density at radius 3 is 2.69 bits per heavy atom. The van der Waals surface area contributed by atoms with E-state index in [4.69, 9.17) is 0 Å². The van der Waals surface area contributed by atoms with E-state index in [2.05, 4.69) is 4.98 Å². The molecule has 0 aliphatic rings. The van der Waals surface area contributed by atoms with Crippen LogP contribution in [0.5, 0.6) is 0 Å². The Bertz CT molecular complexity index is 549. The lowest BCUT2D eigenvalue weighted by atomic mass is 10.1. The van der Waals surface area contributed by atoms with E-state index < -0.39 is 17.4 Å². The van der Waals surface area contributed by atoms with E-state index in [-0.39, 0.29) is 11.3 Å². The van der Waals surface area contributed by atoms with E-state index in [0.717, 1.165) is 12.1 Å². The molecule has 0 unspecified atom stereocenters. The van der Waals surface area contributed by atoms with E-state index in [0.29, 0.717) is 6.07 Å². The van der Waals surface area contributed by atoms with Crippen LogP contribution in [0.25, 0.3) is 0 Å². The highest BCUT2D eigenvalue weighted by Crippen LogP contribution is 2.14. The smallest absolute Gasteiger partial charge is 0.213 e. The number of nitrogens with zero attached hydrogens (tertiary/aromatic N) is 2. The van der Waals surface area contributed by atoms with Crippen LogP contribution >= 0.6 is 0 Å². The molecule has 0 saturated heterocycles. The molecule has 2 aromatic rings. The zero-order valence-electron chi connectivity index (χ0n) is 8.45. The van der Waals surface area contributed by atoms with E-state index in [9.17, 15) is 13.6 Å². The minimum Gasteiger partial charge on any atom is -0.331 e. The highest BCUT2D eigenvalue weighted by Gasteiger charge is 2.16. The van der Waals surface area contributed by atoms with Gasteiger partial charge in [0.05, 0.1) is 18.1 Å². The molecule has 3 nitrogen and oxygen atoms in total. The first-order chi connectivity index (χ1) is 7.59. The minimum absolute atomic E-state index is 0.162. The van der Waals surface area contributed by atoms with Gasteiger partial charge in [-0.3, -0.25) is 4.79 Å². The zero-order chi connectivity index (χ0) is 11.7. The average molecular weight is 222 g/mol. The predicted octanol–water partition coefficient (Wildman–Crippen LogP) is 1.93.